The number of nitrogens with zero attached hydrogens (tertiary/aromatic N) is 2. The van der Waals surface area contributed by atoms with Gasteiger partial charge in [-0.25, -0.2) is 0 Å². The molecule has 6 heteroatoms. The first-order valence-corrected chi connectivity index (χ1v) is 8.92. The zero-order chi connectivity index (χ0) is 18.4. The van der Waals surface area contributed by atoms with E-state index in [2.05, 4.69) is 20.5 Å². The van der Waals surface area contributed by atoms with Crippen molar-refractivity contribution >= 4 is 23.2 Å². The minimum atomic E-state index is -0.622. The number of amides is 2. The number of carbonyl (C=O) groups is 2. The van der Waals surface area contributed by atoms with Gasteiger partial charge in [0, 0.05) is 43.4 Å². The summed E-state index contributed by atoms with van der Waals surface area (Å²) in [5, 5.41) is 5.38. The third-order valence-electron chi connectivity index (χ3n) is 4.71. The van der Waals surface area contributed by atoms with Crippen LogP contribution in [-0.4, -0.2) is 36.4 Å². The van der Waals surface area contributed by atoms with Crippen molar-refractivity contribution in [2.75, 3.05) is 29.9 Å². The molecule has 2 amide bonds. The first-order valence-electron chi connectivity index (χ1n) is 8.92. The number of rotatable bonds is 4. The van der Waals surface area contributed by atoms with Crippen LogP contribution in [0.25, 0.3) is 0 Å². The number of benzene rings is 1. The molecule has 3 rings (SSSR count). The summed E-state index contributed by atoms with van der Waals surface area (Å²) in [6.45, 7) is 4.39. The molecule has 1 aromatic heterocycles. The second-order valence-electron chi connectivity index (χ2n) is 6.67. The summed E-state index contributed by atoms with van der Waals surface area (Å²) in [6, 6.07) is 11.4. The van der Waals surface area contributed by atoms with Gasteiger partial charge in [-0.1, -0.05) is 17.7 Å². The SMILES string of the molecule is Cc1ccc(NC(=O)C(=O)NCC2CCN(c3ccncc3)CC2)cc1. The van der Waals surface area contributed by atoms with E-state index in [-0.39, 0.29) is 0 Å². The summed E-state index contributed by atoms with van der Waals surface area (Å²) in [5.41, 5.74) is 2.91. The molecule has 0 aliphatic carbocycles. The summed E-state index contributed by atoms with van der Waals surface area (Å²) < 4.78 is 0. The minimum Gasteiger partial charge on any atom is -0.371 e. The van der Waals surface area contributed by atoms with Crippen LogP contribution in [0.2, 0.25) is 0 Å². The molecule has 1 aromatic carbocycles. The van der Waals surface area contributed by atoms with Crippen molar-refractivity contribution < 1.29 is 9.59 Å². The number of anilines is 2. The molecule has 0 atom stereocenters. The van der Waals surface area contributed by atoms with Gasteiger partial charge in [-0.15, -0.1) is 0 Å². The van der Waals surface area contributed by atoms with Crippen LogP contribution < -0.4 is 15.5 Å². The fraction of sp³-hybridized carbons (Fsp3) is 0.350. The molecule has 1 aliphatic heterocycles. The highest BCUT2D eigenvalue weighted by Crippen LogP contribution is 2.22. The van der Waals surface area contributed by atoms with Crippen molar-refractivity contribution in [3.63, 3.8) is 0 Å². The highest BCUT2D eigenvalue weighted by Gasteiger charge is 2.21. The monoisotopic (exact) mass is 352 g/mol. The number of aryl methyl sites for hydroxylation is 1. The van der Waals surface area contributed by atoms with Crippen molar-refractivity contribution in [2.45, 2.75) is 19.8 Å². The molecule has 1 aliphatic rings. The number of hydrogen-bond donors (Lipinski definition) is 2. The molecular weight excluding hydrogens is 328 g/mol. The van der Waals surface area contributed by atoms with Crippen molar-refractivity contribution in [3.8, 4) is 0 Å². The lowest BCUT2D eigenvalue weighted by molar-refractivity contribution is -0.136. The van der Waals surface area contributed by atoms with Gasteiger partial charge in [-0.3, -0.25) is 14.6 Å². The second kappa shape index (κ2) is 8.47. The molecule has 2 aromatic rings. The van der Waals surface area contributed by atoms with E-state index in [0.717, 1.165) is 31.5 Å². The third kappa shape index (κ3) is 4.81. The Morgan fingerprint density at radius 2 is 1.69 bits per heavy atom. The fourth-order valence-corrected chi connectivity index (χ4v) is 3.09. The lowest BCUT2D eigenvalue weighted by atomic mass is 9.96. The first kappa shape index (κ1) is 17.9. The molecule has 0 radical (unpaired) electrons. The molecular formula is C20H24N4O2. The Kier molecular flexibility index (Phi) is 5.84. The van der Waals surface area contributed by atoms with E-state index >= 15 is 0 Å². The van der Waals surface area contributed by atoms with Crippen LogP contribution in [0.3, 0.4) is 0 Å². The van der Waals surface area contributed by atoms with Gasteiger partial charge < -0.3 is 15.5 Å². The van der Waals surface area contributed by atoms with Gasteiger partial charge in [0.05, 0.1) is 0 Å². The molecule has 0 spiro atoms. The predicted molar refractivity (Wildman–Crippen MR) is 102 cm³/mol. The van der Waals surface area contributed by atoms with E-state index in [0.29, 0.717) is 18.2 Å². The van der Waals surface area contributed by atoms with Crippen LogP contribution in [0, 0.1) is 12.8 Å². The van der Waals surface area contributed by atoms with Crippen molar-refractivity contribution in [1.82, 2.24) is 10.3 Å². The maximum Gasteiger partial charge on any atom is 0.313 e. The number of nitrogens with one attached hydrogen (secondary N) is 2. The van der Waals surface area contributed by atoms with Gasteiger partial charge in [0.25, 0.3) is 0 Å². The van der Waals surface area contributed by atoms with Crippen LogP contribution >= 0.6 is 0 Å². The zero-order valence-electron chi connectivity index (χ0n) is 14.9. The van der Waals surface area contributed by atoms with Gasteiger partial charge in [0.2, 0.25) is 0 Å². The molecule has 1 fully saturated rings. The molecule has 0 bridgehead atoms. The summed E-state index contributed by atoms with van der Waals surface area (Å²) in [4.78, 5) is 30.3. The van der Waals surface area contributed by atoms with Gasteiger partial charge in [-0.2, -0.15) is 0 Å². The lowest BCUT2D eigenvalue weighted by Crippen LogP contribution is -2.41. The standard InChI is InChI=1S/C20H24N4O2/c1-15-2-4-17(5-3-15)23-20(26)19(25)22-14-16-8-12-24(13-9-16)18-6-10-21-11-7-18/h2-7,10-11,16H,8-9,12-14H2,1H3,(H,22,25)(H,23,26). The number of aromatic nitrogens is 1. The van der Waals surface area contributed by atoms with Gasteiger partial charge in [0.15, 0.2) is 0 Å². The maximum absolute atomic E-state index is 12.0. The Hall–Kier alpha value is -2.89. The number of carbonyl (C=O) groups excluding carboxylic acids is 2. The third-order valence-corrected chi connectivity index (χ3v) is 4.71. The van der Waals surface area contributed by atoms with Gasteiger partial charge in [0.1, 0.15) is 0 Å². The van der Waals surface area contributed by atoms with Crippen molar-refractivity contribution in [2.24, 2.45) is 5.92 Å². The Bertz CT molecular complexity index is 738. The van der Waals surface area contributed by atoms with Gasteiger partial charge >= 0.3 is 11.8 Å². The van der Waals surface area contributed by atoms with Crippen molar-refractivity contribution in [3.05, 3.63) is 54.4 Å². The minimum absolute atomic E-state index is 0.393. The molecule has 2 N–H and O–H groups in total. The molecule has 136 valence electrons. The predicted octanol–water partition coefficient (Wildman–Crippen LogP) is 2.36. The van der Waals surface area contributed by atoms with Gasteiger partial charge in [-0.05, 0) is 49.9 Å². The number of pyridine rings is 1. The van der Waals surface area contributed by atoms with E-state index < -0.39 is 11.8 Å². The Balaban J connectivity index is 1.41. The second-order valence-corrected chi connectivity index (χ2v) is 6.67. The van der Waals surface area contributed by atoms with E-state index in [1.54, 1.807) is 24.5 Å². The normalized spacial score (nSPS) is 14.7. The Morgan fingerprint density at radius 1 is 1.04 bits per heavy atom. The van der Waals surface area contributed by atoms with Crippen LogP contribution in [-0.2, 0) is 9.59 Å². The Labute approximate surface area is 153 Å². The van der Waals surface area contributed by atoms with Crippen LogP contribution in [0.15, 0.2) is 48.8 Å². The van der Waals surface area contributed by atoms with E-state index in [4.69, 9.17) is 0 Å². The molecule has 0 unspecified atom stereocenters. The topological polar surface area (TPSA) is 74.3 Å². The van der Waals surface area contributed by atoms with Crippen LogP contribution in [0.5, 0.6) is 0 Å². The average Bonchev–Trinajstić information content (AvgIpc) is 2.69. The molecule has 6 nitrogen and oxygen atoms in total. The summed E-state index contributed by atoms with van der Waals surface area (Å²) in [7, 11) is 0. The summed E-state index contributed by atoms with van der Waals surface area (Å²) in [6.07, 6.45) is 5.58. The van der Waals surface area contributed by atoms with E-state index in [1.807, 2.05) is 31.2 Å². The molecule has 0 saturated carbocycles. The maximum atomic E-state index is 12.0. The summed E-state index contributed by atoms with van der Waals surface area (Å²) >= 11 is 0. The zero-order valence-corrected chi connectivity index (χ0v) is 14.9. The Morgan fingerprint density at radius 3 is 2.35 bits per heavy atom. The molecule has 26 heavy (non-hydrogen) atoms. The van der Waals surface area contributed by atoms with E-state index in [1.165, 1.54) is 5.69 Å². The quantitative estimate of drug-likeness (QED) is 0.829. The molecule has 2 heterocycles. The largest absolute Gasteiger partial charge is 0.371 e. The highest BCUT2D eigenvalue weighted by molar-refractivity contribution is 6.39. The van der Waals surface area contributed by atoms with Crippen LogP contribution in [0.1, 0.15) is 18.4 Å². The highest BCUT2D eigenvalue weighted by atomic mass is 16.2. The summed E-state index contributed by atoms with van der Waals surface area (Å²) in [5.74, 6) is -0.811. The fourth-order valence-electron chi connectivity index (χ4n) is 3.09. The number of hydrogen-bond acceptors (Lipinski definition) is 4. The van der Waals surface area contributed by atoms with E-state index in [9.17, 15) is 9.59 Å². The smallest absolute Gasteiger partial charge is 0.313 e. The number of piperidine rings is 1. The van der Waals surface area contributed by atoms with Crippen LogP contribution in [0.4, 0.5) is 11.4 Å². The van der Waals surface area contributed by atoms with Crippen molar-refractivity contribution in [1.29, 1.82) is 0 Å². The first-order chi connectivity index (χ1) is 12.6. The average molecular weight is 352 g/mol. The molecule has 1 saturated heterocycles. The lowest BCUT2D eigenvalue weighted by Gasteiger charge is -2.33.